The highest BCUT2D eigenvalue weighted by molar-refractivity contribution is 5.89. The van der Waals surface area contributed by atoms with E-state index in [0.29, 0.717) is 5.56 Å². The maximum atomic E-state index is 11.5. The van der Waals surface area contributed by atoms with Crippen LogP contribution in [0.25, 0.3) is 10.8 Å². The van der Waals surface area contributed by atoms with Gasteiger partial charge in [-0.1, -0.05) is 18.2 Å². The van der Waals surface area contributed by atoms with Gasteiger partial charge in [-0.05, 0) is 18.4 Å². The van der Waals surface area contributed by atoms with Crippen molar-refractivity contribution in [3.63, 3.8) is 0 Å². The zero-order valence-corrected chi connectivity index (χ0v) is 9.46. The lowest BCUT2D eigenvalue weighted by molar-refractivity contribution is -0.153. The molecule has 1 N–H and O–H groups in total. The summed E-state index contributed by atoms with van der Waals surface area (Å²) < 4.78 is 4.80. The summed E-state index contributed by atoms with van der Waals surface area (Å²) >= 11 is 0. The Morgan fingerprint density at radius 2 is 2.29 bits per heavy atom. The van der Waals surface area contributed by atoms with E-state index in [2.05, 4.69) is 4.98 Å². The minimum atomic E-state index is -1.26. The number of pyridine rings is 1. The number of carbonyl (C=O) groups is 1. The van der Waals surface area contributed by atoms with Crippen LogP contribution in [0.3, 0.4) is 0 Å². The Morgan fingerprint density at radius 1 is 1.47 bits per heavy atom. The number of hydrogen-bond acceptors (Lipinski definition) is 4. The van der Waals surface area contributed by atoms with E-state index in [-0.39, 0.29) is 6.61 Å². The van der Waals surface area contributed by atoms with E-state index < -0.39 is 12.1 Å². The lowest BCUT2D eigenvalue weighted by Crippen LogP contribution is -2.15. The van der Waals surface area contributed by atoms with Crippen molar-refractivity contribution in [2.24, 2.45) is 0 Å². The number of fused-ring (bicyclic) bond motifs is 1. The molecule has 0 amide bonds. The molecule has 0 fully saturated rings. The Bertz CT molecular complexity index is 534. The molecule has 0 spiro atoms. The van der Waals surface area contributed by atoms with Crippen molar-refractivity contribution in [3.8, 4) is 0 Å². The molecule has 0 saturated carbocycles. The third-order valence-corrected chi connectivity index (χ3v) is 2.52. The molecule has 1 heterocycles. The van der Waals surface area contributed by atoms with Crippen LogP contribution in [-0.4, -0.2) is 22.7 Å². The Morgan fingerprint density at radius 3 is 3.06 bits per heavy atom. The van der Waals surface area contributed by atoms with E-state index in [4.69, 9.17) is 4.74 Å². The molecule has 0 saturated heterocycles. The maximum absolute atomic E-state index is 11.5. The highest BCUT2D eigenvalue weighted by Crippen LogP contribution is 2.24. The van der Waals surface area contributed by atoms with Crippen molar-refractivity contribution in [2.75, 3.05) is 6.61 Å². The van der Waals surface area contributed by atoms with Gasteiger partial charge < -0.3 is 9.84 Å². The topological polar surface area (TPSA) is 59.4 Å². The van der Waals surface area contributed by atoms with E-state index in [1.165, 1.54) is 0 Å². The van der Waals surface area contributed by atoms with Crippen LogP contribution < -0.4 is 0 Å². The fraction of sp³-hybridized carbons (Fsp3) is 0.231. The smallest absolute Gasteiger partial charge is 0.339 e. The quantitative estimate of drug-likeness (QED) is 0.819. The molecular weight excluding hydrogens is 218 g/mol. The van der Waals surface area contributed by atoms with Gasteiger partial charge in [0.25, 0.3) is 0 Å². The highest BCUT2D eigenvalue weighted by Gasteiger charge is 2.20. The number of esters is 1. The van der Waals surface area contributed by atoms with Gasteiger partial charge in [-0.2, -0.15) is 0 Å². The number of aliphatic hydroxyl groups is 1. The summed E-state index contributed by atoms with van der Waals surface area (Å²) in [4.78, 5) is 15.5. The third kappa shape index (κ3) is 2.26. The average molecular weight is 231 g/mol. The Kier molecular flexibility index (Phi) is 3.35. The molecule has 1 atom stereocenters. The highest BCUT2D eigenvalue weighted by atomic mass is 16.5. The van der Waals surface area contributed by atoms with Crippen LogP contribution in [0.5, 0.6) is 0 Å². The van der Waals surface area contributed by atoms with E-state index in [0.717, 1.165) is 10.8 Å². The molecule has 0 aliphatic rings. The van der Waals surface area contributed by atoms with Crippen molar-refractivity contribution in [1.82, 2.24) is 4.98 Å². The molecule has 1 aromatic heterocycles. The molecule has 0 aliphatic carbocycles. The second-order valence-corrected chi connectivity index (χ2v) is 3.60. The van der Waals surface area contributed by atoms with Crippen LogP contribution in [-0.2, 0) is 9.53 Å². The fourth-order valence-electron chi connectivity index (χ4n) is 1.72. The monoisotopic (exact) mass is 231 g/mol. The third-order valence-electron chi connectivity index (χ3n) is 2.52. The van der Waals surface area contributed by atoms with Crippen LogP contribution in [0.4, 0.5) is 0 Å². The first-order valence-electron chi connectivity index (χ1n) is 5.41. The van der Waals surface area contributed by atoms with Crippen LogP contribution in [0.1, 0.15) is 18.6 Å². The number of rotatable bonds is 3. The normalized spacial score (nSPS) is 12.4. The average Bonchev–Trinajstić information content (AvgIpc) is 2.37. The number of carbonyl (C=O) groups excluding carboxylic acids is 1. The first-order chi connectivity index (χ1) is 8.24. The van der Waals surface area contributed by atoms with Crippen LogP contribution in [0.15, 0.2) is 36.7 Å². The predicted octanol–water partition coefficient (Wildman–Crippen LogP) is 1.83. The molecule has 0 radical (unpaired) electrons. The number of benzene rings is 1. The Labute approximate surface area is 98.9 Å². The van der Waals surface area contributed by atoms with Gasteiger partial charge in [0.1, 0.15) is 0 Å². The maximum Gasteiger partial charge on any atom is 0.339 e. The zero-order chi connectivity index (χ0) is 12.3. The number of hydrogen-bond donors (Lipinski definition) is 1. The molecule has 4 nitrogen and oxygen atoms in total. The molecule has 17 heavy (non-hydrogen) atoms. The van der Waals surface area contributed by atoms with Gasteiger partial charge in [-0.3, -0.25) is 4.98 Å². The van der Waals surface area contributed by atoms with Crippen LogP contribution >= 0.6 is 0 Å². The van der Waals surface area contributed by atoms with Gasteiger partial charge in [-0.25, -0.2) is 4.79 Å². The van der Waals surface area contributed by atoms with Crippen molar-refractivity contribution < 1.29 is 14.6 Å². The largest absolute Gasteiger partial charge is 0.464 e. The molecule has 2 aromatic rings. The van der Waals surface area contributed by atoms with E-state index in [1.807, 2.05) is 12.1 Å². The molecule has 0 bridgehead atoms. The second-order valence-electron chi connectivity index (χ2n) is 3.60. The summed E-state index contributed by atoms with van der Waals surface area (Å²) in [6.45, 7) is 1.95. The lowest BCUT2D eigenvalue weighted by atomic mass is 10.0. The van der Waals surface area contributed by atoms with Crippen LogP contribution in [0.2, 0.25) is 0 Å². The number of nitrogens with zero attached hydrogens (tertiary/aromatic N) is 1. The van der Waals surface area contributed by atoms with Crippen molar-refractivity contribution in [2.45, 2.75) is 13.0 Å². The first-order valence-corrected chi connectivity index (χ1v) is 5.41. The summed E-state index contributed by atoms with van der Waals surface area (Å²) in [5.74, 6) is -0.635. The Hall–Kier alpha value is -1.94. The number of ether oxygens (including phenoxy) is 1. The summed E-state index contributed by atoms with van der Waals surface area (Å²) in [6.07, 6.45) is 2.04. The summed E-state index contributed by atoms with van der Waals surface area (Å²) in [6, 6.07) is 7.22. The summed E-state index contributed by atoms with van der Waals surface area (Å²) in [5.41, 5.74) is 0.522. The minimum absolute atomic E-state index is 0.249. The lowest BCUT2D eigenvalue weighted by Gasteiger charge is -2.12. The Balaban J connectivity index is 2.44. The molecule has 0 aliphatic heterocycles. The van der Waals surface area contributed by atoms with E-state index in [1.54, 1.807) is 31.5 Å². The van der Waals surface area contributed by atoms with Crippen molar-refractivity contribution in [3.05, 3.63) is 42.2 Å². The summed E-state index contributed by atoms with van der Waals surface area (Å²) in [7, 11) is 0. The zero-order valence-electron chi connectivity index (χ0n) is 9.46. The van der Waals surface area contributed by atoms with Crippen molar-refractivity contribution in [1.29, 1.82) is 0 Å². The van der Waals surface area contributed by atoms with Gasteiger partial charge >= 0.3 is 5.97 Å². The predicted molar refractivity (Wildman–Crippen MR) is 63.3 cm³/mol. The van der Waals surface area contributed by atoms with Gasteiger partial charge in [0.15, 0.2) is 6.10 Å². The molecule has 4 heteroatoms. The minimum Gasteiger partial charge on any atom is -0.464 e. The molecule has 2 rings (SSSR count). The second kappa shape index (κ2) is 4.93. The van der Waals surface area contributed by atoms with E-state index in [9.17, 15) is 9.90 Å². The van der Waals surface area contributed by atoms with Gasteiger partial charge in [-0.15, -0.1) is 0 Å². The molecule has 1 unspecified atom stereocenters. The van der Waals surface area contributed by atoms with Crippen LogP contribution in [0, 0.1) is 0 Å². The molecular formula is C13H13NO3. The molecule has 88 valence electrons. The number of aliphatic hydroxyl groups excluding tert-OH is 1. The molecule has 1 aromatic carbocycles. The van der Waals surface area contributed by atoms with Gasteiger partial charge in [0.2, 0.25) is 0 Å². The summed E-state index contributed by atoms with van der Waals surface area (Å²) in [5, 5.41) is 11.6. The van der Waals surface area contributed by atoms with Gasteiger partial charge in [0, 0.05) is 23.3 Å². The van der Waals surface area contributed by atoms with Crippen molar-refractivity contribution >= 4 is 16.7 Å². The standard InChI is InChI=1S/C13H13NO3/c1-2-17-13(16)12(15)10-5-3-4-9-6-7-14-8-11(9)10/h3-8,12,15H,2H2,1H3. The first kappa shape index (κ1) is 11.5. The fourth-order valence-corrected chi connectivity index (χ4v) is 1.72. The van der Waals surface area contributed by atoms with E-state index >= 15 is 0 Å². The SMILES string of the molecule is CCOC(=O)C(O)c1cccc2ccncc12. The number of aromatic nitrogens is 1. The van der Waals surface area contributed by atoms with Gasteiger partial charge in [0.05, 0.1) is 6.61 Å².